The summed E-state index contributed by atoms with van der Waals surface area (Å²) in [7, 11) is -2.66. The lowest BCUT2D eigenvalue weighted by Gasteiger charge is -2.26. The first-order chi connectivity index (χ1) is 13.9. The molecule has 3 rings (SSSR count). The molecular formula is C21H21FN2O4S. The largest absolute Gasteiger partial charge is 0.495 e. The molecule has 1 aliphatic heterocycles. The summed E-state index contributed by atoms with van der Waals surface area (Å²) in [4.78, 5) is 13.5. The van der Waals surface area contributed by atoms with Gasteiger partial charge in [-0.15, -0.1) is 0 Å². The summed E-state index contributed by atoms with van der Waals surface area (Å²) in [6, 6.07) is 10.5. The molecule has 0 bridgehead atoms. The van der Waals surface area contributed by atoms with Crippen molar-refractivity contribution in [3.05, 3.63) is 53.8 Å². The summed E-state index contributed by atoms with van der Waals surface area (Å²) in [5, 5.41) is 0. The van der Waals surface area contributed by atoms with Gasteiger partial charge in [0.15, 0.2) is 0 Å². The highest BCUT2D eigenvalue weighted by Crippen LogP contribution is 2.24. The van der Waals surface area contributed by atoms with E-state index >= 15 is 0 Å². The van der Waals surface area contributed by atoms with E-state index in [1.807, 2.05) is 12.1 Å². The van der Waals surface area contributed by atoms with Gasteiger partial charge in [0.1, 0.15) is 16.5 Å². The second kappa shape index (κ2) is 9.07. The van der Waals surface area contributed by atoms with Crippen molar-refractivity contribution in [2.75, 3.05) is 25.1 Å². The fraction of sp³-hybridized carbons (Fsp3) is 0.286. The highest BCUT2D eigenvalue weighted by Gasteiger charge is 2.20. The zero-order chi connectivity index (χ0) is 20.9. The van der Waals surface area contributed by atoms with Gasteiger partial charge in [0.25, 0.3) is 0 Å². The topological polar surface area (TPSA) is 75.7 Å². The second-order valence-electron chi connectivity index (χ2n) is 6.47. The first-order valence-electron chi connectivity index (χ1n) is 9.13. The lowest BCUT2D eigenvalue weighted by atomic mass is 10.1. The molecule has 2 aromatic carbocycles. The average molecular weight is 416 g/mol. The number of hydrogen-bond acceptors (Lipinski definition) is 4. The highest BCUT2D eigenvalue weighted by atomic mass is 32.2. The first kappa shape index (κ1) is 20.8. The first-order valence-corrected chi connectivity index (χ1v) is 10.6. The van der Waals surface area contributed by atoms with E-state index < -0.39 is 15.8 Å². The van der Waals surface area contributed by atoms with E-state index in [0.717, 1.165) is 37.2 Å². The van der Waals surface area contributed by atoms with Crippen LogP contribution in [0.5, 0.6) is 5.75 Å². The third-order valence-corrected chi connectivity index (χ3v) is 5.92. The summed E-state index contributed by atoms with van der Waals surface area (Å²) in [6.45, 7) is 0.573. The third kappa shape index (κ3) is 5.13. The molecule has 0 spiro atoms. The number of anilines is 1. The Kier molecular flexibility index (Phi) is 6.52. The van der Waals surface area contributed by atoms with E-state index in [1.54, 1.807) is 17.0 Å². The van der Waals surface area contributed by atoms with Crippen molar-refractivity contribution in [1.82, 2.24) is 4.72 Å². The van der Waals surface area contributed by atoms with E-state index in [2.05, 4.69) is 16.6 Å². The predicted octanol–water partition coefficient (Wildman–Crippen LogP) is 2.68. The Balaban J connectivity index is 1.64. The summed E-state index contributed by atoms with van der Waals surface area (Å²) in [5.74, 6) is 5.09. The monoisotopic (exact) mass is 416 g/mol. The van der Waals surface area contributed by atoms with Crippen molar-refractivity contribution in [3.8, 4) is 17.6 Å². The quantitative estimate of drug-likeness (QED) is 0.761. The van der Waals surface area contributed by atoms with Crippen LogP contribution in [0.2, 0.25) is 0 Å². The van der Waals surface area contributed by atoms with Crippen LogP contribution in [-0.2, 0) is 14.8 Å². The van der Waals surface area contributed by atoms with Crippen LogP contribution in [0.25, 0.3) is 0 Å². The minimum Gasteiger partial charge on any atom is -0.495 e. The smallest absolute Gasteiger partial charge is 0.245 e. The maximum absolute atomic E-state index is 13.4. The summed E-state index contributed by atoms with van der Waals surface area (Å²) in [6.07, 6.45) is 2.48. The summed E-state index contributed by atoms with van der Waals surface area (Å²) >= 11 is 0. The maximum Gasteiger partial charge on any atom is 0.245 e. The predicted molar refractivity (Wildman–Crippen MR) is 108 cm³/mol. The average Bonchev–Trinajstić information content (AvgIpc) is 2.72. The number of carbonyl (C=O) groups is 1. The lowest BCUT2D eigenvalue weighted by Crippen LogP contribution is -2.35. The fourth-order valence-electron chi connectivity index (χ4n) is 3.02. The zero-order valence-electron chi connectivity index (χ0n) is 15.9. The summed E-state index contributed by atoms with van der Waals surface area (Å²) < 4.78 is 45.4. The number of sulfonamides is 1. The Morgan fingerprint density at radius 1 is 1.17 bits per heavy atom. The minimum atomic E-state index is -3.97. The molecule has 8 heteroatoms. The molecule has 0 radical (unpaired) electrons. The van der Waals surface area contributed by atoms with Crippen LogP contribution in [0.15, 0.2) is 47.4 Å². The molecule has 0 atom stereocenters. The van der Waals surface area contributed by atoms with E-state index in [0.29, 0.717) is 12.0 Å². The normalized spacial score (nSPS) is 14.3. The third-order valence-electron chi connectivity index (χ3n) is 4.50. The molecule has 152 valence electrons. The number of hydrogen-bond donors (Lipinski definition) is 1. The SMILES string of the molecule is COc1ccc(F)cc1S(=O)(=O)NCC#Cc1ccc(N2CCCCC2=O)cc1. The van der Waals surface area contributed by atoms with Crippen LogP contribution >= 0.6 is 0 Å². The van der Waals surface area contributed by atoms with Gasteiger partial charge >= 0.3 is 0 Å². The van der Waals surface area contributed by atoms with Crippen molar-refractivity contribution < 1.29 is 22.3 Å². The van der Waals surface area contributed by atoms with Crippen LogP contribution in [0.1, 0.15) is 24.8 Å². The number of nitrogens with zero attached hydrogens (tertiary/aromatic N) is 1. The number of rotatable bonds is 5. The van der Waals surface area contributed by atoms with E-state index in [4.69, 9.17) is 4.74 Å². The molecule has 1 heterocycles. The molecular weight excluding hydrogens is 395 g/mol. The van der Waals surface area contributed by atoms with Gasteiger partial charge in [-0.2, -0.15) is 4.72 Å². The number of amides is 1. The van der Waals surface area contributed by atoms with Crippen molar-refractivity contribution in [1.29, 1.82) is 0 Å². The van der Waals surface area contributed by atoms with Crippen LogP contribution in [0.4, 0.5) is 10.1 Å². The van der Waals surface area contributed by atoms with Gasteiger partial charge in [0, 0.05) is 24.2 Å². The van der Waals surface area contributed by atoms with Crippen LogP contribution in [0.3, 0.4) is 0 Å². The molecule has 0 aliphatic carbocycles. The second-order valence-corrected chi connectivity index (χ2v) is 8.21. The van der Waals surface area contributed by atoms with E-state index in [9.17, 15) is 17.6 Å². The van der Waals surface area contributed by atoms with Gasteiger partial charge in [0.05, 0.1) is 13.7 Å². The number of piperidine rings is 1. The highest BCUT2D eigenvalue weighted by molar-refractivity contribution is 7.89. The summed E-state index contributed by atoms with van der Waals surface area (Å²) in [5.41, 5.74) is 1.53. The molecule has 29 heavy (non-hydrogen) atoms. The van der Waals surface area contributed by atoms with Crippen LogP contribution < -0.4 is 14.4 Å². The van der Waals surface area contributed by atoms with Crippen LogP contribution in [0, 0.1) is 17.7 Å². The van der Waals surface area contributed by atoms with Gasteiger partial charge in [-0.05, 0) is 55.3 Å². The molecule has 6 nitrogen and oxygen atoms in total. The fourth-order valence-corrected chi connectivity index (χ4v) is 4.12. The molecule has 1 saturated heterocycles. The number of methoxy groups -OCH3 is 1. The molecule has 0 aromatic heterocycles. The number of carbonyl (C=O) groups excluding carboxylic acids is 1. The maximum atomic E-state index is 13.4. The zero-order valence-corrected chi connectivity index (χ0v) is 16.8. The Hall–Kier alpha value is -2.89. The molecule has 1 aliphatic rings. The van der Waals surface area contributed by atoms with Gasteiger partial charge in [-0.25, -0.2) is 12.8 Å². The van der Waals surface area contributed by atoms with Gasteiger partial charge in [-0.3, -0.25) is 4.79 Å². The lowest BCUT2D eigenvalue weighted by molar-refractivity contribution is -0.119. The molecule has 1 N–H and O–H groups in total. The Labute approximate surface area is 169 Å². The van der Waals surface area contributed by atoms with Gasteiger partial charge in [-0.1, -0.05) is 11.8 Å². The van der Waals surface area contributed by atoms with Gasteiger partial charge < -0.3 is 9.64 Å². The Morgan fingerprint density at radius 2 is 1.93 bits per heavy atom. The number of halogens is 1. The van der Waals surface area contributed by atoms with Gasteiger partial charge in [0.2, 0.25) is 15.9 Å². The Bertz CT molecular complexity index is 1060. The number of nitrogens with one attached hydrogen (secondary N) is 1. The minimum absolute atomic E-state index is 0.0507. The van der Waals surface area contributed by atoms with E-state index in [1.165, 1.54) is 13.2 Å². The number of ether oxygens (including phenoxy) is 1. The van der Waals surface area contributed by atoms with Crippen molar-refractivity contribution in [2.24, 2.45) is 0 Å². The van der Waals surface area contributed by atoms with E-state index in [-0.39, 0.29) is 23.1 Å². The molecule has 0 unspecified atom stereocenters. The van der Waals surface area contributed by atoms with Crippen molar-refractivity contribution in [3.63, 3.8) is 0 Å². The Morgan fingerprint density at radius 3 is 2.62 bits per heavy atom. The molecule has 1 amide bonds. The molecule has 1 fully saturated rings. The molecule has 0 saturated carbocycles. The molecule has 2 aromatic rings. The van der Waals surface area contributed by atoms with Crippen molar-refractivity contribution >= 4 is 21.6 Å². The van der Waals surface area contributed by atoms with Crippen LogP contribution in [-0.4, -0.2) is 34.5 Å². The van der Waals surface area contributed by atoms with Crippen molar-refractivity contribution in [2.45, 2.75) is 24.2 Å². The number of benzene rings is 2. The standard InChI is InChI=1S/C21H21FN2O4S/c1-28-19-12-9-17(22)15-20(19)29(26,27)23-13-4-5-16-7-10-18(11-8-16)24-14-3-2-6-21(24)25/h7-12,15,23H,2-3,6,13-14H2,1H3.